The molecule has 0 bridgehead atoms. The zero-order valence-corrected chi connectivity index (χ0v) is 20.3. The van der Waals surface area contributed by atoms with Crippen LogP contribution in [-0.4, -0.2) is 42.9 Å². The van der Waals surface area contributed by atoms with E-state index >= 15 is 0 Å². The molecule has 0 saturated carbocycles. The Labute approximate surface area is 188 Å². The van der Waals surface area contributed by atoms with Crippen molar-refractivity contribution in [2.75, 3.05) is 13.2 Å². The third-order valence-corrected chi connectivity index (χ3v) is 4.76. The van der Waals surface area contributed by atoms with E-state index in [1.54, 1.807) is 0 Å². The van der Waals surface area contributed by atoms with Crippen molar-refractivity contribution >= 4 is 23.6 Å². The van der Waals surface area contributed by atoms with Crippen LogP contribution in [0.15, 0.2) is 0 Å². The minimum absolute atomic E-state index is 0.110. The predicted molar refractivity (Wildman–Crippen MR) is 120 cm³/mol. The first-order valence-electron chi connectivity index (χ1n) is 11.6. The molecule has 7 heteroatoms. The fourth-order valence-corrected chi connectivity index (χ4v) is 3.21. The maximum absolute atomic E-state index is 12.4. The average Bonchev–Trinajstić information content (AvgIpc) is 2.65. The molecule has 31 heavy (non-hydrogen) atoms. The van der Waals surface area contributed by atoms with Crippen LogP contribution in [0.25, 0.3) is 0 Å². The summed E-state index contributed by atoms with van der Waals surface area (Å²) >= 11 is 0. The van der Waals surface area contributed by atoms with Crippen LogP contribution < -0.4 is 5.32 Å². The molecule has 1 N–H and O–H groups in total. The van der Waals surface area contributed by atoms with E-state index in [1.165, 1.54) is 6.92 Å². The molecule has 0 aromatic heterocycles. The molecular weight excluding hydrogens is 398 g/mol. The van der Waals surface area contributed by atoms with Gasteiger partial charge in [-0.2, -0.15) is 0 Å². The van der Waals surface area contributed by atoms with E-state index in [9.17, 15) is 19.2 Å². The lowest BCUT2D eigenvalue weighted by Crippen LogP contribution is -2.42. The molecule has 1 amide bonds. The van der Waals surface area contributed by atoms with Gasteiger partial charge >= 0.3 is 11.9 Å². The Kier molecular flexibility index (Phi) is 15.7. The summed E-state index contributed by atoms with van der Waals surface area (Å²) in [5.41, 5.74) is 0. The van der Waals surface area contributed by atoms with Gasteiger partial charge in [0.1, 0.15) is 11.8 Å². The third kappa shape index (κ3) is 16.4. The molecule has 7 nitrogen and oxygen atoms in total. The van der Waals surface area contributed by atoms with Crippen LogP contribution in [0.4, 0.5) is 0 Å². The summed E-state index contributed by atoms with van der Waals surface area (Å²) in [5.74, 6) is -0.151. The van der Waals surface area contributed by atoms with E-state index in [-0.39, 0.29) is 42.5 Å². The fourth-order valence-electron chi connectivity index (χ4n) is 3.21. The highest BCUT2D eigenvalue weighted by atomic mass is 16.5. The number of unbranched alkanes of at least 4 members (excludes halogenated alkanes) is 2. The van der Waals surface area contributed by atoms with Gasteiger partial charge in [-0.05, 0) is 57.3 Å². The predicted octanol–water partition coefficient (Wildman–Crippen LogP) is 4.22. The van der Waals surface area contributed by atoms with E-state index in [1.807, 2.05) is 20.8 Å². The lowest BCUT2D eigenvalue weighted by molar-refractivity contribution is -0.150. The van der Waals surface area contributed by atoms with Gasteiger partial charge < -0.3 is 19.6 Å². The molecule has 0 radical (unpaired) electrons. The lowest BCUT2D eigenvalue weighted by atomic mass is 9.99. The molecule has 0 aromatic carbocycles. The number of Topliss-reactive ketones (excluding diaryl/α,β-unsaturated/α-hetero) is 1. The maximum Gasteiger partial charge on any atom is 0.328 e. The van der Waals surface area contributed by atoms with Gasteiger partial charge in [-0.1, -0.05) is 34.6 Å². The van der Waals surface area contributed by atoms with Crippen molar-refractivity contribution in [1.29, 1.82) is 0 Å². The van der Waals surface area contributed by atoms with Crippen molar-refractivity contribution in [2.24, 2.45) is 17.8 Å². The number of esters is 2. The minimum atomic E-state index is -0.671. The quantitative estimate of drug-likeness (QED) is 0.268. The number of ketones is 1. The van der Waals surface area contributed by atoms with E-state index in [4.69, 9.17) is 9.47 Å². The molecule has 2 unspecified atom stereocenters. The van der Waals surface area contributed by atoms with Crippen LogP contribution >= 0.6 is 0 Å². The standard InChI is InChI=1S/C24H43NO6/c1-17(2)15-19(5)23(28)30-13-9-10-14-31-24(29)21(16-18(3)4)25-22(27)12-8-7-11-20(6)26/h17-19,21H,7-16H2,1-6H3,(H,25,27). The van der Waals surface area contributed by atoms with Crippen molar-refractivity contribution in [1.82, 2.24) is 5.32 Å². The van der Waals surface area contributed by atoms with E-state index < -0.39 is 12.0 Å². The molecule has 0 saturated heterocycles. The van der Waals surface area contributed by atoms with Crippen molar-refractivity contribution in [2.45, 2.75) is 99.0 Å². The Morgan fingerprint density at radius 1 is 0.710 bits per heavy atom. The van der Waals surface area contributed by atoms with Crippen molar-refractivity contribution in [3.05, 3.63) is 0 Å². The normalized spacial score (nSPS) is 13.0. The molecule has 0 fully saturated rings. The number of amides is 1. The highest BCUT2D eigenvalue weighted by molar-refractivity contribution is 5.84. The van der Waals surface area contributed by atoms with Crippen molar-refractivity contribution < 1.29 is 28.7 Å². The number of rotatable bonds is 17. The van der Waals surface area contributed by atoms with Gasteiger partial charge in [0, 0.05) is 12.8 Å². The van der Waals surface area contributed by atoms with Crippen LogP contribution in [0, 0.1) is 17.8 Å². The summed E-state index contributed by atoms with van der Waals surface area (Å²) < 4.78 is 10.6. The molecule has 0 heterocycles. The number of ether oxygens (including phenoxy) is 2. The molecule has 0 aliphatic rings. The number of carbonyl (C=O) groups is 4. The van der Waals surface area contributed by atoms with Gasteiger partial charge in [-0.3, -0.25) is 9.59 Å². The molecular formula is C24H43NO6. The van der Waals surface area contributed by atoms with E-state index in [0.29, 0.717) is 51.0 Å². The van der Waals surface area contributed by atoms with Crippen molar-refractivity contribution in [3.8, 4) is 0 Å². The Bertz CT molecular complexity index is 558. The molecule has 0 aliphatic carbocycles. The number of hydrogen-bond donors (Lipinski definition) is 1. The highest BCUT2D eigenvalue weighted by Gasteiger charge is 2.23. The average molecular weight is 442 g/mol. The van der Waals surface area contributed by atoms with Gasteiger partial charge in [0.25, 0.3) is 0 Å². The van der Waals surface area contributed by atoms with Gasteiger partial charge in [-0.25, -0.2) is 4.79 Å². The SMILES string of the molecule is CC(=O)CCCCC(=O)NC(CC(C)C)C(=O)OCCCCOC(=O)C(C)CC(C)C. The zero-order chi connectivity index (χ0) is 23.8. The Morgan fingerprint density at radius 3 is 1.74 bits per heavy atom. The maximum atomic E-state index is 12.4. The lowest BCUT2D eigenvalue weighted by Gasteiger charge is -2.19. The first kappa shape index (κ1) is 29.1. The smallest absolute Gasteiger partial charge is 0.328 e. The number of carbonyl (C=O) groups excluding carboxylic acids is 4. The minimum Gasteiger partial charge on any atom is -0.465 e. The summed E-state index contributed by atoms with van der Waals surface area (Å²) in [5, 5.41) is 2.76. The molecule has 0 spiro atoms. The third-order valence-electron chi connectivity index (χ3n) is 4.76. The van der Waals surface area contributed by atoms with E-state index in [2.05, 4.69) is 19.2 Å². The highest BCUT2D eigenvalue weighted by Crippen LogP contribution is 2.13. The summed E-state index contributed by atoms with van der Waals surface area (Å²) in [7, 11) is 0. The van der Waals surface area contributed by atoms with Crippen LogP contribution in [0.2, 0.25) is 0 Å². The Balaban J connectivity index is 4.19. The van der Waals surface area contributed by atoms with Gasteiger partial charge in [0.15, 0.2) is 0 Å². The largest absolute Gasteiger partial charge is 0.465 e. The monoisotopic (exact) mass is 441 g/mol. The summed E-state index contributed by atoms with van der Waals surface area (Å²) in [4.78, 5) is 47.4. The molecule has 0 rings (SSSR count). The van der Waals surface area contributed by atoms with Gasteiger partial charge in [0.05, 0.1) is 19.1 Å². The van der Waals surface area contributed by atoms with Gasteiger partial charge in [0.2, 0.25) is 5.91 Å². The Hall–Kier alpha value is -1.92. The first-order valence-corrected chi connectivity index (χ1v) is 11.6. The summed E-state index contributed by atoms with van der Waals surface area (Å²) in [6, 6.07) is -0.671. The second kappa shape index (κ2) is 16.7. The topological polar surface area (TPSA) is 98.8 Å². The zero-order valence-electron chi connectivity index (χ0n) is 20.3. The van der Waals surface area contributed by atoms with Crippen LogP contribution in [0.5, 0.6) is 0 Å². The van der Waals surface area contributed by atoms with E-state index in [0.717, 1.165) is 6.42 Å². The van der Waals surface area contributed by atoms with Gasteiger partial charge in [-0.15, -0.1) is 0 Å². The first-order chi connectivity index (χ1) is 14.5. The van der Waals surface area contributed by atoms with Crippen LogP contribution in [0.3, 0.4) is 0 Å². The van der Waals surface area contributed by atoms with Crippen LogP contribution in [-0.2, 0) is 28.7 Å². The number of nitrogens with one attached hydrogen (secondary N) is 1. The van der Waals surface area contributed by atoms with Crippen LogP contribution in [0.1, 0.15) is 92.9 Å². The molecule has 2 atom stereocenters. The Morgan fingerprint density at radius 2 is 1.23 bits per heavy atom. The molecule has 180 valence electrons. The number of hydrogen-bond acceptors (Lipinski definition) is 6. The second-order valence-electron chi connectivity index (χ2n) is 9.23. The summed E-state index contributed by atoms with van der Waals surface area (Å²) in [6.07, 6.45) is 4.55. The molecule has 0 aromatic rings. The second-order valence-corrected chi connectivity index (χ2v) is 9.23. The summed E-state index contributed by atoms with van der Waals surface area (Å²) in [6.45, 7) is 12.0. The molecule has 0 aliphatic heterocycles. The fraction of sp³-hybridized carbons (Fsp3) is 0.833. The van der Waals surface area contributed by atoms with Crippen molar-refractivity contribution in [3.63, 3.8) is 0 Å².